The topological polar surface area (TPSA) is 24.9 Å². The van der Waals surface area contributed by atoms with Gasteiger partial charge in [-0.3, -0.25) is 0 Å². The fraction of sp³-hybridized carbons (Fsp3) is 0.357. The molecule has 1 aromatic carbocycles. The van der Waals surface area contributed by atoms with Crippen molar-refractivity contribution in [3.8, 4) is 0 Å². The lowest BCUT2D eigenvalue weighted by Gasteiger charge is -2.15. The summed E-state index contributed by atoms with van der Waals surface area (Å²) in [5.41, 5.74) is 3.20. The third kappa shape index (κ3) is 2.94. The van der Waals surface area contributed by atoms with Crippen molar-refractivity contribution in [1.82, 2.24) is 10.3 Å². The first-order valence-corrected chi connectivity index (χ1v) is 6.82. The van der Waals surface area contributed by atoms with E-state index in [1.165, 1.54) is 6.07 Å². The number of hydrogen-bond donors (Lipinski definition) is 1. The molecule has 0 amide bonds. The molecule has 2 nitrogen and oxygen atoms in total. The Bertz CT molecular complexity index is 536. The lowest BCUT2D eigenvalue weighted by molar-refractivity contribution is 0.574. The van der Waals surface area contributed by atoms with Crippen LogP contribution in [0.15, 0.2) is 23.6 Å². The van der Waals surface area contributed by atoms with Gasteiger partial charge in [0, 0.05) is 5.38 Å². The highest BCUT2D eigenvalue weighted by atomic mass is 32.1. The molecule has 1 aromatic heterocycles. The highest BCUT2D eigenvalue weighted by molar-refractivity contribution is 7.09. The highest BCUT2D eigenvalue weighted by Crippen LogP contribution is 2.22. The number of nitrogens with zero attached hydrogens (tertiary/aromatic N) is 1. The summed E-state index contributed by atoms with van der Waals surface area (Å²) in [7, 11) is 1.93. The van der Waals surface area contributed by atoms with Gasteiger partial charge in [-0.15, -0.1) is 11.3 Å². The van der Waals surface area contributed by atoms with E-state index in [1.807, 2.05) is 27.0 Å². The molecule has 1 unspecified atom stereocenters. The largest absolute Gasteiger partial charge is 0.311 e. The molecule has 2 aromatic rings. The van der Waals surface area contributed by atoms with Crippen LogP contribution in [0.3, 0.4) is 0 Å². The van der Waals surface area contributed by atoms with Gasteiger partial charge in [0.05, 0.1) is 16.7 Å². The van der Waals surface area contributed by atoms with E-state index in [-0.39, 0.29) is 11.9 Å². The molecule has 0 fully saturated rings. The van der Waals surface area contributed by atoms with E-state index >= 15 is 0 Å². The van der Waals surface area contributed by atoms with Gasteiger partial charge in [0.2, 0.25) is 0 Å². The van der Waals surface area contributed by atoms with Gasteiger partial charge in [-0.2, -0.15) is 0 Å². The van der Waals surface area contributed by atoms with Gasteiger partial charge >= 0.3 is 0 Å². The smallest absolute Gasteiger partial charge is 0.123 e. The Labute approximate surface area is 111 Å². The first-order valence-electron chi connectivity index (χ1n) is 5.94. The lowest BCUT2D eigenvalue weighted by Crippen LogP contribution is -2.19. The normalized spacial score (nSPS) is 12.7. The number of benzene rings is 1. The van der Waals surface area contributed by atoms with Crippen LogP contribution >= 0.6 is 11.3 Å². The lowest BCUT2D eigenvalue weighted by atomic mass is 9.99. The van der Waals surface area contributed by atoms with Crippen molar-refractivity contribution < 1.29 is 4.39 Å². The van der Waals surface area contributed by atoms with Crippen LogP contribution < -0.4 is 5.32 Å². The number of aryl methyl sites for hydroxylation is 2. The molecule has 4 heteroatoms. The van der Waals surface area contributed by atoms with E-state index in [1.54, 1.807) is 17.4 Å². The first-order chi connectivity index (χ1) is 8.60. The Hall–Kier alpha value is -1.26. The predicted octanol–water partition coefficient (Wildman–Crippen LogP) is 3.40. The van der Waals surface area contributed by atoms with Crippen LogP contribution in [-0.4, -0.2) is 12.0 Å². The Morgan fingerprint density at radius 3 is 2.72 bits per heavy atom. The van der Waals surface area contributed by atoms with Gasteiger partial charge in [0.15, 0.2) is 0 Å². The number of aromatic nitrogens is 1. The molecule has 0 aliphatic carbocycles. The van der Waals surface area contributed by atoms with Crippen molar-refractivity contribution in [1.29, 1.82) is 0 Å². The number of likely N-dealkylation sites (N-methyl/N-ethyl adjacent to an activating group) is 1. The average Bonchev–Trinajstić information content (AvgIpc) is 2.75. The summed E-state index contributed by atoms with van der Waals surface area (Å²) in [6, 6.07) is 5.13. The van der Waals surface area contributed by atoms with Crippen LogP contribution in [0.4, 0.5) is 4.39 Å². The summed E-state index contributed by atoms with van der Waals surface area (Å²) in [5, 5.41) is 6.42. The van der Waals surface area contributed by atoms with E-state index < -0.39 is 0 Å². The quantitative estimate of drug-likeness (QED) is 0.915. The third-order valence-corrected chi connectivity index (χ3v) is 3.86. The molecule has 0 spiro atoms. The zero-order chi connectivity index (χ0) is 13.1. The van der Waals surface area contributed by atoms with Gasteiger partial charge in [-0.1, -0.05) is 6.07 Å². The SMILES string of the molecule is CNC(Cc1ccc(F)cc1C)c1csc(C)n1. The second-order valence-corrected chi connectivity index (χ2v) is 5.47. The second-order valence-electron chi connectivity index (χ2n) is 4.41. The maximum Gasteiger partial charge on any atom is 0.123 e. The Kier molecular flexibility index (Phi) is 4.09. The minimum absolute atomic E-state index is 0.179. The molecule has 0 saturated carbocycles. The van der Waals surface area contributed by atoms with Crippen molar-refractivity contribution in [2.45, 2.75) is 26.3 Å². The zero-order valence-corrected chi connectivity index (χ0v) is 11.6. The molecule has 0 bridgehead atoms. The van der Waals surface area contributed by atoms with E-state index in [2.05, 4.69) is 15.7 Å². The third-order valence-electron chi connectivity index (χ3n) is 3.07. The molecule has 18 heavy (non-hydrogen) atoms. The Morgan fingerprint density at radius 1 is 1.39 bits per heavy atom. The van der Waals surface area contributed by atoms with Gasteiger partial charge < -0.3 is 5.32 Å². The monoisotopic (exact) mass is 264 g/mol. The van der Waals surface area contributed by atoms with Gasteiger partial charge in [-0.25, -0.2) is 9.37 Å². The van der Waals surface area contributed by atoms with Crippen LogP contribution in [0.25, 0.3) is 0 Å². The molecular formula is C14H17FN2S. The number of rotatable bonds is 4. The molecule has 1 N–H and O–H groups in total. The predicted molar refractivity (Wildman–Crippen MR) is 73.5 cm³/mol. The summed E-state index contributed by atoms with van der Waals surface area (Å²) in [5.74, 6) is -0.179. The summed E-state index contributed by atoms with van der Waals surface area (Å²) in [4.78, 5) is 4.51. The van der Waals surface area contributed by atoms with Gasteiger partial charge in [-0.05, 0) is 50.6 Å². The molecule has 0 radical (unpaired) electrons. The summed E-state index contributed by atoms with van der Waals surface area (Å²) < 4.78 is 13.1. The van der Waals surface area contributed by atoms with E-state index in [9.17, 15) is 4.39 Å². The highest BCUT2D eigenvalue weighted by Gasteiger charge is 2.14. The Balaban J connectivity index is 2.20. The fourth-order valence-electron chi connectivity index (χ4n) is 2.00. The van der Waals surface area contributed by atoms with Crippen molar-refractivity contribution in [2.24, 2.45) is 0 Å². The van der Waals surface area contributed by atoms with E-state index in [4.69, 9.17) is 0 Å². The van der Waals surface area contributed by atoms with Crippen molar-refractivity contribution in [3.05, 3.63) is 51.2 Å². The number of halogens is 1. The second kappa shape index (κ2) is 5.59. The maximum atomic E-state index is 13.1. The standard InChI is InChI=1S/C14H17FN2S/c1-9-6-12(15)5-4-11(9)7-13(16-3)14-8-18-10(2)17-14/h4-6,8,13,16H,7H2,1-3H3. The van der Waals surface area contributed by atoms with Crippen LogP contribution in [-0.2, 0) is 6.42 Å². The minimum atomic E-state index is -0.179. The minimum Gasteiger partial charge on any atom is -0.311 e. The zero-order valence-electron chi connectivity index (χ0n) is 10.8. The fourth-order valence-corrected chi connectivity index (χ4v) is 2.67. The average molecular weight is 264 g/mol. The van der Waals surface area contributed by atoms with Gasteiger partial charge in [0.25, 0.3) is 0 Å². The number of hydrogen-bond acceptors (Lipinski definition) is 3. The molecule has 96 valence electrons. The van der Waals surface area contributed by atoms with Crippen LogP contribution in [0, 0.1) is 19.7 Å². The van der Waals surface area contributed by atoms with Crippen molar-refractivity contribution in [3.63, 3.8) is 0 Å². The molecule has 0 saturated heterocycles. The number of thiazole rings is 1. The van der Waals surface area contributed by atoms with Crippen LogP contribution in [0.2, 0.25) is 0 Å². The maximum absolute atomic E-state index is 13.1. The molecule has 1 atom stereocenters. The van der Waals surface area contributed by atoms with Crippen molar-refractivity contribution in [2.75, 3.05) is 7.05 Å². The summed E-state index contributed by atoms with van der Waals surface area (Å²) >= 11 is 1.65. The molecule has 1 heterocycles. The van der Waals surface area contributed by atoms with Gasteiger partial charge in [0.1, 0.15) is 5.82 Å². The van der Waals surface area contributed by atoms with Crippen LogP contribution in [0.5, 0.6) is 0 Å². The molecule has 2 rings (SSSR count). The molecule has 0 aliphatic rings. The van der Waals surface area contributed by atoms with Crippen LogP contribution in [0.1, 0.15) is 27.9 Å². The Morgan fingerprint density at radius 2 is 2.17 bits per heavy atom. The first kappa shape index (κ1) is 13.2. The van der Waals surface area contributed by atoms with E-state index in [0.29, 0.717) is 0 Å². The number of nitrogens with one attached hydrogen (secondary N) is 1. The van der Waals surface area contributed by atoms with E-state index in [0.717, 1.165) is 28.2 Å². The summed E-state index contributed by atoms with van der Waals surface area (Å²) in [6.45, 7) is 3.95. The van der Waals surface area contributed by atoms with Crippen molar-refractivity contribution >= 4 is 11.3 Å². The molecule has 0 aliphatic heterocycles. The molecular weight excluding hydrogens is 247 g/mol. The summed E-state index contributed by atoms with van der Waals surface area (Å²) in [6.07, 6.45) is 0.825.